The van der Waals surface area contributed by atoms with Crippen LogP contribution in [0.4, 0.5) is 0 Å². The highest BCUT2D eigenvalue weighted by molar-refractivity contribution is 5.04. The number of rotatable bonds is 0. The first-order valence-electron chi connectivity index (χ1n) is 3.23. The maximum atomic E-state index is 3.19. The van der Waals surface area contributed by atoms with Crippen molar-refractivity contribution in [3.63, 3.8) is 0 Å². The van der Waals surface area contributed by atoms with Gasteiger partial charge in [-0.15, -0.1) is 0 Å². The van der Waals surface area contributed by atoms with Gasteiger partial charge in [-0.05, 0) is 0 Å². The van der Waals surface area contributed by atoms with E-state index in [-0.39, 0.29) is 0 Å². The van der Waals surface area contributed by atoms with E-state index in [4.69, 9.17) is 0 Å². The summed E-state index contributed by atoms with van der Waals surface area (Å²) in [6.45, 7) is 2.81. The van der Waals surface area contributed by atoms with Crippen LogP contribution in [0.2, 0.25) is 0 Å². The second-order valence-corrected chi connectivity index (χ2v) is 1.94. The highest BCUT2D eigenvalue weighted by Crippen LogP contribution is 1.77. The van der Waals surface area contributed by atoms with Gasteiger partial charge >= 0.3 is 0 Å². The van der Waals surface area contributed by atoms with Crippen molar-refractivity contribution in [1.29, 1.82) is 0 Å². The Kier molecular flexibility index (Phi) is 3.11. The Morgan fingerprint density at radius 3 is 2.00 bits per heavy atom. The number of allylic oxidation sites excluding steroid dienone is 2. The zero-order valence-electron chi connectivity index (χ0n) is 5.43. The monoisotopic (exact) mass is 124 g/mol. The molecule has 1 aliphatic rings. The summed E-state index contributed by atoms with van der Waals surface area (Å²) >= 11 is 0. The molecule has 0 spiro atoms. The normalized spacial score (nSPS) is 27.6. The molecule has 0 aliphatic carbocycles. The lowest BCUT2D eigenvalue weighted by Crippen LogP contribution is -2.28. The third-order valence-corrected chi connectivity index (χ3v) is 1.16. The van der Waals surface area contributed by atoms with E-state index in [9.17, 15) is 0 Å². The molecule has 0 amide bonds. The van der Waals surface area contributed by atoms with E-state index in [1.807, 2.05) is 0 Å². The maximum Gasteiger partial charge on any atom is 0.0459 e. The second-order valence-electron chi connectivity index (χ2n) is 1.94. The molecule has 0 aromatic heterocycles. The summed E-state index contributed by atoms with van der Waals surface area (Å²) in [5, 5.41) is 6.38. The van der Waals surface area contributed by atoms with Gasteiger partial charge in [0.05, 0.1) is 0 Å². The lowest BCUT2D eigenvalue weighted by atomic mass is 10.4. The molecule has 9 heavy (non-hydrogen) atoms. The molecule has 1 heterocycles. The molecule has 50 valence electrons. The fourth-order valence-electron chi connectivity index (χ4n) is 0.693. The molecule has 0 atom stereocenters. The highest BCUT2D eigenvalue weighted by atomic mass is 15.0. The minimum absolute atomic E-state index is 0.898. The third-order valence-electron chi connectivity index (χ3n) is 1.16. The first-order chi connectivity index (χ1) is 4.50. The molecule has 1 rings (SSSR count). The minimum atomic E-state index is 0.898. The Balaban J connectivity index is 2.28. The zero-order chi connectivity index (χ0) is 6.36. The van der Waals surface area contributed by atoms with Crippen LogP contribution < -0.4 is 10.6 Å². The van der Waals surface area contributed by atoms with Gasteiger partial charge in [-0.25, -0.2) is 0 Å². The molecule has 0 unspecified atom stereocenters. The van der Waals surface area contributed by atoms with Crippen molar-refractivity contribution < 1.29 is 0 Å². The van der Waals surface area contributed by atoms with E-state index in [0.717, 1.165) is 19.8 Å². The van der Waals surface area contributed by atoms with E-state index >= 15 is 0 Å². The predicted octanol–water partition coefficient (Wildman–Crippen LogP) is 0.249. The molecule has 0 radical (unpaired) electrons. The molecular formula is C7H12N2. The molecule has 0 saturated heterocycles. The van der Waals surface area contributed by atoms with E-state index < -0.39 is 0 Å². The van der Waals surface area contributed by atoms with Crippen LogP contribution in [0.25, 0.3) is 0 Å². The maximum absolute atomic E-state index is 3.19. The molecule has 2 heteroatoms. The van der Waals surface area contributed by atoms with Gasteiger partial charge in [0.25, 0.3) is 0 Å². The molecule has 0 fully saturated rings. The Morgan fingerprint density at radius 2 is 1.44 bits per heavy atom. The lowest BCUT2D eigenvalue weighted by molar-refractivity contribution is 0.649. The molecular weight excluding hydrogens is 112 g/mol. The quantitative estimate of drug-likeness (QED) is 0.483. The van der Waals surface area contributed by atoms with Gasteiger partial charge in [-0.3, -0.25) is 0 Å². The summed E-state index contributed by atoms with van der Waals surface area (Å²) in [6, 6.07) is 0. The fraction of sp³-hybridized carbons (Fsp3) is 0.429. The number of nitrogens with one attached hydrogen (secondary N) is 2. The molecule has 2 nitrogen and oxygen atoms in total. The lowest BCUT2D eigenvalue weighted by Gasteiger charge is -1.99. The van der Waals surface area contributed by atoms with Crippen molar-refractivity contribution in [2.24, 2.45) is 0 Å². The minimum Gasteiger partial charge on any atom is -0.301 e. The standard InChI is InChI=1S/C7H12N2/c1-2-4-6-9-7-8-5-3-1/h1-4,8-9H,5-7H2/b3-1-,4-2-. The van der Waals surface area contributed by atoms with E-state index in [2.05, 4.69) is 34.9 Å². The Morgan fingerprint density at radius 1 is 0.889 bits per heavy atom. The Hall–Kier alpha value is -0.600. The van der Waals surface area contributed by atoms with Crippen LogP contribution >= 0.6 is 0 Å². The Labute approximate surface area is 55.6 Å². The van der Waals surface area contributed by atoms with Gasteiger partial charge < -0.3 is 10.6 Å². The van der Waals surface area contributed by atoms with Gasteiger partial charge in [-0.2, -0.15) is 0 Å². The van der Waals surface area contributed by atoms with Crippen LogP contribution in [0.5, 0.6) is 0 Å². The van der Waals surface area contributed by atoms with E-state index in [0.29, 0.717) is 0 Å². The smallest absolute Gasteiger partial charge is 0.0459 e. The second kappa shape index (κ2) is 4.30. The third kappa shape index (κ3) is 3.06. The largest absolute Gasteiger partial charge is 0.301 e. The fourth-order valence-corrected chi connectivity index (χ4v) is 0.693. The van der Waals surface area contributed by atoms with E-state index in [1.54, 1.807) is 0 Å². The summed E-state index contributed by atoms with van der Waals surface area (Å²) in [6.07, 6.45) is 8.31. The van der Waals surface area contributed by atoms with Crippen molar-refractivity contribution in [2.45, 2.75) is 0 Å². The summed E-state index contributed by atoms with van der Waals surface area (Å²) < 4.78 is 0. The van der Waals surface area contributed by atoms with Crippen LogP contribution in [0, 0.1) is 0 Å². The van der Waals surface area contributed by atoms with Gasteiger partial charge in [0.15, 0.2) is 0 Å². The number of hydrogen-bond acceptors (Lipinski definition) is 2. The Bertz CT molecular complexity index is 102. The molecule has 0 aromatic carbocycles. The summed E-state index contributed by atoms with van der Waals surface area (Å²) in [4.78, 5) is 0. The highest BCUT2D eigenvalue weighted by Gasteiger charge is 1.81. The molecule has 0 bridgehead atoms. The van der Waals surface area contributed by atoms with Gasteiger partial charge in [-0.1, -0.05) is 24.3 Å². The average molecular weight is 124 g/mol. The van der Waals surface area contributed by atoms with Crippen LogP contribution in [0.3, 0.4) is 0 Å². The molecule has 1 aliphatic heterocycles. The van der Waals surface area contributed by atoms with Crippen LogP contribution in [0.15, 0.2) is 24.3 Å². The summed E-state index contributed by atoms with van der Waals surface area (Å²) in [5.41, 5.74) is 0. The number of hydrogen-bond donors (Lipinski definition) is 2. The molecule has 0 aromatic rings. The van der Waals surface area contributed by atoms with Gasteiger partial charge in [0, 0.05) is 19.8 Å². The van der Waals surface area contributed by atoms with Crippen molar-refractivity contribution in [3.05, 3.63) is 24.3 Å². The topological polar surface area (TPSA) is 24.1 Å². The first kappa shape index (κ1) is 6.52. The molecule has 2 N–H and O–H groups in total. The van der Waals surface area contributed by atoms with Crippen molar-refractivity contribution in [1.82, 2.24) is 10.6 Å². The van der Waals surface area contributed by atoms with Crippen LogP contribution in [-0.4, -0.2) is 19.8 Å². The zero-order valence-corrected chi connectivity index (χ0v) is 5.43. The summed E-state index contributed by atoms with van der Waals surface area (Å²) in [7, 11) is 0. The predicted molar refractivity (Wildman–Crippen MR) is 39.2 cm³/mol. The van der Waals surface area contributed by atoms with Gasteiger partial charge in [0.1, 0.15) is 0 Å². The average Bonchev–Trinajstić information content (AvgIpc) is 2.00. The molecule has 0 saturated carbocycles. The van der Waals surface area contributed by atoms with Gasteiger partial charge in [0.2, 0.25) is 0 Å². The van der Waals surface area contributed by atoms with Crippen molar-refractivity contribution >= 4 is 0 Å². The van der Waals surface area contributed by atoms with E-state index in [1.165, 1.54) is 0 Å². The van der Waals surface area contributed by atoms with Crippen LogP contribution in [-0.2, 0) is 0 Å². The van der Waals surface area contributed by atoms with Crippen molar-refractivity contribution in [2.75, 3.05) is 19.8 Å². The van der Waals surface area contributed by atoms with Crippen molar-refractivity contribution in [3.8, 4) is 0 Å². The van der Waals surface area contributed by atoms with Crippen LogP contribution in [0.1, 0.15) is 0 Å². The first-order valence-corrected chi connectivity index (χ1v) is 3.23. The summed E-state index contributed by atoms with van der Waals surface area (Å²) in [5.74, 6) is 0. The SMILES string of the molecule is C1=C\CNCNC\C=C/1.